The van der Waals surface area contributed by atoms with E-state index in [4.69, 9.17) is 14.6 Å². The number of carboxylic acid groups (broad SMARTS) is 1. The highest BCUT2D eigenvalue weighted by Crippen LogP contribution is 2.31. The summed E-state index contributed by atoms with van der Waals surface area (Å²) >= 11 is 0. The first kappa shape index (κ1) is 13.8. The van der Waals surface area contributed by atoms with Gasteiger partial charge in [-0.05, 0) is 12.1 Å². The van der Waals surface area contributed by atoms with Gasteiger partial charge in [0, 0.05) is 0 Å². The summed E-state index contributed by atoms with van der Waals surface area (Å²) in [6.45, 7) is -0.0559. The summed E-state index contributed by atoms with van der Waals surface area (Å²) in [6.07, 6.45) is -0.168. The third-order valence-corrected chi connectivity index (χ3v) is 2.17. The van der Waals surface area contributed by atoms with Gasteiger partial charge in [0.1, 0.15) is 5.56 Å². The van der Waals surface area contributed by atoms with Crippen molar-refractivity contribution in [1.82, 2.24) is 0 Å². The van der Waals surface area contributed by atoms with Crippen LogP contribution in [-0.4, -0.2) is 37.9 Å². The van der Waals surface area contributed by atoms with E-state index in [9.17, 15) is 9.59 Å². The highest BCUT2D eigenvalue weighted by molar-refractivity contribution is 5.93. The first-order chi connectivity index (χ1) is 8.60. The van der Waals surface area contributed by atoms with E-state index in [0.717, 1.165) is 0 Å². The number of hydrogen-bond acceptors (Lipinski definition) is 5. The zero-order valence-electron chi connectivity index (χ0n) is 10.1. The lowest BCUT2D eigenvalue weighted by Gasteiger charge is -2.13. The number of para-hydroxylation sites is 1. The van der Waals surface area contributed by atoms with Gasteiger partial charge in [0.2, 0.25) is 0 Å². The topological polar surface area (TPSA) is 82.1 Å². The minimum absolute atomic E-state index is 0.0559. The van der Waals surface area contributed by atoms with Crippen molar-refractivity contribution in [3.8, 4) is 11.5 Å². The molecule has 0 saturated heterocycles. The molecular formula is C12H14O6. The zero-order chi connectivity index (χ0) is 13.5. The number of carbonyl (C=O) groups is 2. The third-order valence-electron chi connectivity index (χ3n) is 2.17. The number of carboxylic acids is 1. The fourth-order valence-corrected chi connectivity index (χ4v) is 1.34. The molecule has 6 heteroatoms. The number of aliphatic carboxylic acids is 1. The maximum absolute atomic E-state index is 11.5. The van der Waals surface area contributed by atoms with Gasteiger partial charge in [0.05, 0.1) is 27.2 Å². The van der Waals surface area contributed by atoms with Gasteiger partial charge in [-0.15, -0.1) is 0 Å². The standard InChI is InChI=1S/C12H14O6/c1-16-9-5-3-4-8(12(15)17-2)11(9)18-7-6-10(13)14/h3-5H,6-7H2,1-2H3,(H,13,14). The Hall–Kier alpha value is -2.24. The Bertz CT molecular complexity index is 440. The van der Waals surface area contributed by atoms with Crippen molar-refractivity contribution in [2.24, 2.45) is 0 Å². The second-order valence-corrected chi connectivity index (χ2v) is 3.32. The maximum atomic E-state index is 11.5. The van der Waals surface area contributed by atoms with Crippen molar-refractivity contribution < 1.29 is 28.9 Å². The van der Waals surface area contributed by atoms with E-state index in [1.54, 1.807) is 12.1 Å². The molecule has 0 saturated carbocycles. The van der Waals surface area contributed by atoms with Crippen molar-refractivity contribution in [1.29, 1.82) is 0 Å². The highest BCUT2D eigenvalue weighted by atomic mass is 16.5. The van der Waals surface area contributed by atoms with E-state index < -0.39 is 11.9 Å². The Morgan fingerprint density at radius 2 is 2.00 bits per heavy atom. The molecular weight excluding hydrogens is 240 g/mol. The van der Waals surface area contributed by atoms with Crippen molar-refractivity contribution in [3.63, 3.8) is 0 Å². The van der Waals surface area contributed by atoms with Crippen LogP contribution in [-0.2, 0) is 9.53 Å². The van der Waals surface area contributed by atoms with Crippen LogP contribution in [0.2, 0.25) is 0 Å². The number of esters is 1. The monoisotopic (exact) mass is 254 g/mol. The Morgan fingerprint density at radius 3 is 2.56 bits per heavy atom. The molecule has 0 aliphatic carbocycles. The maximum Gasteiger partial charge on any atom is 0.341 e. The lowest BCUT2D eigenvalue weighted by atomic mass is 10.2. The summed E-state index contributed by atoms with van der Waals surface area (Å²) in [5.74, 6) is -1.01. The summed E-state index contributed by atoms with van der Waals surface area (Å²) in [5, 5.41) is 8.54. The summed E-state index contributed by atoms with van der Waals surface area (Å²) in [7, 11) is 2.68. The van der Waals surface area contributed by atoms with Gasteiger partial charge in [-0.25, -0.2) is 4.79 Å². The van der Waals surface area contributed by atoms with Crippen LogP contribution in [0.1, 0.15) is 16.8 Å². The van der Waals surface area contributed by atoms with Gasteiger partial charge < -0.3 is 19.3 Å². The molecule has 0 bridgehead atoms. The quantitative estimate of drug-likeness (QED) is 0.771. The molecule has 0 unspecified atom stereocenters. The molecule has 1 aromatic rings. The van der Waals surface area contributed by atoms with Gasteiger partial charge in [0.25, 0.3) is 0 Å². The molecule has 0 heterocycles. The zero-order valence-corrected chi connectivity index (χ0v) is 10.1. The summed E-state index contributed by atoms with van der Waals surface area (Å²) in [6, 6.07) is 4.75. The fraction of sp³-hybridized carbons (Fsp3) is 0.333. The third kappa shape index (κ3) is 3.38. The van der Waals surface area contributed by atoms with Crippen LogP contribution in [0.25, 0.3) is 0 Å². The molecule has 0 atom stereocenters. The Morgan fingerprint density at radius 1 is 1.28 bits per heavy atom. The van der Waals surface area contributed by atoms with Crippen LogP contribution < -0.4 is 9.47 Å². The van der Waals surface area contributed by atoms with Gasteiger partial charge in [-0.2, -0.15) is 0 Å². The van der Waals surface area contributed by atoms with Crippen LogP contribution >= 0.6 is 0 Å². The Balaban J connectivity index is 2.96. The number of rotatable bonds is 6. The van der Waals surface area contributed by atoms with E-state index in [2.05, 4.69) is 4.74 Å². The number of methoxy groups -OCH3 is 2. The second-order valence-electron chi connectivity index (χ2n) is 3.32. The van der Waals surface area contributed by atoms with E-state index in [0.29, 0.717) is 5.75 Å². The molecule has 0 aliphatic heterocycles. The number of benzene rings is 1. The van der Waals surface area contributed by atoms with Gasteiger partial charge >= 0.3 is 11.9 Å². The molecule has 0 spiro atoms. The molecule has 98 valence electrons. The van der Waals surface area contributed by atoms with Crippen LogP contribution in [0.15, 0.2) is 18.2 Å². The minimum atomic E-state index is -0.982. The smallest absolute Gasteiger partial charge is 0.341 e. The predicted molar refractivity (Wildman–Crippen MR) is 62.1 cm³/mol. The molecule has 0 aromatic heterocycles. The average molecular weight is 254 g/mol. The molecule has 0 aliphatic rings. The van der Waals surface area contributed by atoms with E-state index in [1.807, 2.05) is 0 Å². The van der Waals surface area contributed by atoms with Crippen molar-refractivity contribution in [2.45, 2.75) is 6.42 Å². The lowest BCUT2D eigenvalue weighted by Crippen LogP contribution is -2.10. The first-order valence-corrected chi connectivity index (χ1v) is 5.20. The molecule has 6 nitrogen and oxygen atoms in total. The average Bonchev–Trinajstić information content (AvgIpc) is 2.37. The van der Waals surface area contributed by atoms with Crippen LogP contribution in [0.3, 0.4) is 0 Å². The molecule has 1 rings (SSSR count). The molecule has 1 N–H and O–H groups in total. The minimum Gasteiger partial charge on any atom is -0.493 e. The SMILES string of the molecule is COC(=O)c1cccc(OC)c1OCCC(=O)O. The normalized spacial score (nSPS) is 9.67. The summed E-state index contributed by atoms with van der Waals surface area (Å²) in [5.41, 5.74) is 0.197. The van der Waals surface area contributed by atoms with Gasteiger partial charge in [0.15, 0.2) is 11.5 Å². The largest absolute Gasteiger partial charge is 0.493 e. The second kappa shape index (κ2) is 6.48. The molecule has 1 aromatic carbocycles. The molecule has 0 radical (unpaired) electrons. The van der Waals surface area contributed by atoms with Crippen molar-refractivity contribution in [2.75, 3.05) is 20.8 Å². The van der Waals surface area contributed by atoms with Crippen LogP contribution in [0, 0.1) is 0 Å². The molecule has 0 amide bonds. The number of ether oxygens (including phenoxy) is 3. The van der Waals surface area contributed by atoms with E-state index >= 15 is 0 Å². The van der Waals surface area contributed by atoms with E-state index in [1.165, 1.54) is 20.3 Å². The predicted octanol–water partition coefficient (Wildman–Crippen LogP) is 1.34. The van der Waals surface area contributed by atoms with Gasteiger partial charge in [-0.1, -0.05) is 6.07 Å². The highest BCUT2D eigenvalue weighted by Gasteiger charge is 2.17. The first-order valence-electron chi connectivity index (χ1n) is 5.20. The van der Waals surface area contributed by atoms with Crippen LogP contribution in [0.5, 0.6) is 11.5 Å². The summed E-state index contributed by atoms with van der Waals surface area (Å²) < 4.78 is 15.0. The Labute approximate surface area is 104 Å². The molecule has 18 heavy (non-hydrogen) atoms. The van der Waals surface area contributed by atoms with Crippen LogP contribution in [0.4, 0.5) is 0 Å². The lowest BCUT2D eigenvalue weighted by molar-refractivity contribution is -0.137. The van der Waals surface area contributed by atoms with E-state index in [-0.39, 0.29) is 24.3 Å². The van der Waals surface area contributed by atoms with Crippen molar-refractivity contribution >= 4 is 11.9 Å². The molecule has 0 fully saturated rings. The number of carbonyl (C=O) groups excluding carboxylic acids is 1. The van der Waals surface area contributed by atoms with Gasteiger partial charge in [-0.3, -0.25) is 4.79 Å². The van der Waals surface area contributed by atoms with Crippen molar-refractivity contribution in [3.05, 3.63) is 23.8 Å². The number of hydrogen-bond donors (Lipinski definition) is 1. The summed E-state index contributed by atoms with van der Waals surface area (Å²) in [4.78, 5) is 21.9. The Kier molecular flexibility index (Phi) is 4.98. The fourth-order valence-electron chi connectivity index (χ4n) is 1.34.